The fraction of sp³-hybridized carbons (Fsp3) is 0. The zero-order valence-electron chi connectivity index (χ0n) is 12.1. The number of benzene rings is 2. The van der Waals surface area contributed by atoms with E-state index in [1.54, 1.807) is 18.5 Å². The number of aromatic nitrogens is 3. The predicted molar refractivity (Wildman–Crippen MR) is 88.1 cm³/mol. The Morgan fingerprint density at radius 2 is 1.83 bits per heavy atom. The first-order chi connectivity index (χ1) is 11.3. The maximum Gasteiger partial charge on any atom is 0.180 e. The lowest BCUT2D eigenvalue weighted by atomic mass is 10.1. The van der Waals surface area contributed by atoms with E-state index in [9.17, 15) is 4.39 Å². The minimum atomic E-state index is -0.269. The molecular weight excluding hydrogens is 291 g/mol. The van der Waals surface area contributed by atoms with Crippen molar-refractivity contribution in [1.82, 2.24) is 14.4 Å². The van der Waals surface area contributed by atoms with Gasteiger partial charge in [0, 0.05) is 23.6 Å². The second kappa shape index (κ2) is 5.53. The van der Waals surface area contributed by atoms with Gasteiger partial charge >= 0.3 is 0 Å². The van der Waals surface area contributed by atoms with Crippen LogP contribution in [0.4, 0.5) is 15.9 Å². The van der Waals surface area contributed by atoms with Crippen LogP contribution in [0.25, 0.3) is 16.9 Å². The van der Waals surface area contributed by atoms with E-state index in [2.05, 4.69) is 15.3 Å². The Morgan fingerprint density at radius 1 is 0.957 bits per heavy atom. The van der Waals surface area contributed by atoms with Gasteiger partial charge in [-0.2, -0.15) is 0 Å². The molecule has 5 heteroatoms. The molecule has 4 aromatic rings. The molecule has 2 aromatic heterocycles. The quantitative estimate of drug-likeness (QED) is 0.614. The summed E-state index contributed by atoms with van der Waals surface area (Å²) in [6.07, 6.45) is 5.24. The molecule has 0 radical (unpaired) electrons. The van der Waals surface area contributed by atoms with E-state index >= 15 is 0 Å². The molecule has 0 saturated carbocycles. The number of nitrogens with zero attached hydrogens (tertiary/aromatic N) is 3. The van der Waals surface area contributed by atoms with Gasteiger partial charge in [-0.15, -0.1) is 0 Å². The number of anilines is 2. The van der Waals surface area contributed by atoms with E-state index in [4.69, 9.17) is 0 Å². The Morgan fingerprint density at radius 3 is 2.65 bits per heavy atom. The van der Waals surface area contributed by atoms with Crippen molar-refractivity contribution in [2.24, 2.45) is 0 Å². The highest BCUT2D eigenvalue weighted by molar-refractivity contribution is 5.74. The van der Waals surface area contributed by atoms with Gasteiger partial charge in [-0.05, 0) is 24.3 Å². The van der Waals surface area contributed by atoms with E-state index in [1.165, 1.54) is 12.1 Å². The molecule has 112 valence electrons. The fourth-order valence-corrected chi connectivity index (χ4v) is 2.53. The van der Waals surface area contributed by atoms with Crippen molar-refractivity contribution >= 4 is 17.2 Å². The summed E-state index contributed by atoms with van der Waals surface area (Å²) in [5, 5.41) is 3.25. The van der Waals surface area contributed by atoms with Crippen LogP contribution in [-0.2, 0) is 0 Å². The molecular formula is C18H13FN4. The fourth-order valence-electron chi connectivity index (χ4n) is 2.53. The summed E-state index contributed by atoms with van der Waals surface area (Å²) in [7, 11) is 0. The van der Waals surface area contributed by atoms with Crippen LogP contribution in [0.15, 0.2) is 73.2 Å². The lowest BCUT2D eigenvalue weighted by Crippen LogP contribution is -1.98. The average molecular weight is 304 g/mol. The Labute approximate surface area is 132 Å². The highest BCUT2D eigenvalue weighted by Gasteiger charge is 2.10. The normalized spacial score (nSPS) is 10.8. The predicted octanol–water partition coefficient (Wildman–Crippen LogP) is 4.28. The summed E-state index contributed by atoms with van der Waals surface area (Å²) in [5.41, 5.74) is 3.21. The molecule has 4 nitrogen and oxygen atoms in total. The van der Waals surface area contributed by atoms with Crippen LogP contribution < -0.4 is 5.32 Å². The minimum absolute atomic E-state index is 0.269. The molecule has 0 unspecified atom stereocenters. The number of rotatable bonds is 3. The lowest BCUT2D eigenvalue weighted by Gasteiger charge is -2.07. The van der Waals surface area contributed by atoms with E-state index in [-0.39, 0.29) is 5.82 Å². The van der Waals surface area contributed by atoms with Gasteiger partial charge < -0.3 is 5.32 Å². The second-order valence-corrected chi connectivity index (χ2v) is 5.11. The summed E-state index contributed by atoms with van der Waals surface area (Å²) >= 11 is 0. The summed E-state index contributed by atoms with van der Waals surface area (Å²) in [4.78, 5) is 8.79. The standard InChI is InChI=1S/C18H13FN4/c19-14-6-4-5-13(11-14)16-12-21-18-17(20-9-10-23(16)18)22-15-7-2-1-3-8-15/h1-12H,(H,20,22). The van der Waals surface area contributed by atoms with Crippen molar-refractivity contribution in [3.63, 3.8) is 0 Å². The molecule has 23 heavy (non-hydrogen) atoms. The average Bonchev–Trinajstić information content (AvgIpc) is 3.01. The van der Waals surface area contributed by atoms with Crippen molar-refractivity contribution in [2.75, 3.05) is 5.32 Å². The number of imidazole rings is 1. The Hall–Kier alpha value is -3.21. The first kappa shape index (κ1) is 13.5. The molecule has 1 N–H and O–H groups in total. The third-order valence-corrected chi connectivity index (χ3v) is 3.58. The number of nitrogens with one attached hydrogen (secondary N) is 1. The van der Waals surface area contributed by atoms with Gasteiger partial charge in [0.25, 0.3) is 0 Å². The van der Waals surface area contributed by atoms with Crippen LogP contribution in [0.1, 0.15) is 0 Å². The molecule has 0 saturated heterocycles. The van der Waals surface area contributed by atoms with Gasteiger partial charge in [0.1, 0.15) is 5.82 Å². The zero-order valence-corrected chi connectivity index (χ0v) is 12.1. The highest BCUT2D eigenvalue weighted by Crippen LogP contribution is 2.25. The number of fused-ring (bicyclic) bond motifs is 1. The van der Waals surface area contributed by atoms with Crippen molar-refractivity contribution in [3.8, 4) is 11.3 Å². The highest BCUT2D eigenvalue weighted by atomic mass is 19.1. The monoisotopic (exact) mass is 304 g/mol. The van der Waals surface area contributed by atoms with Crippen LogP contribution in [0.2, 0.25) is 0 Å². The molecule has 0 amide bonds. The molecule has 0 aliphatic heterocycles. The minimum Gasteiger partial charge on any atom is -0.337 e. The Balaban J connectivity index is 1.81. The Kier molecular flexibility index (Phi) is 3.24. The van der Waals surface area contributed by atoms with Crippen molar-refractivity contribution in [3.05, 3.63) is 79.0 Å². The third-order valence-electron chi connectivity index (χ3n) is 3.58. The first-order valence-electron chi connectivity index (χ1n) is 7.21. The molecule has 0 bridgehead atoms. The maximum absolute atomic E-state index is 13.5. The first-order valence-corrected chi connectivity index (χ1v) is 7.21. The second-order valence-electron chi connectivity index (χ2n) is 5.11. The summed E-state index contributed by atoms with van der Waals surface area (Å²) in [5.74, 6) is 0.385. The molecule has 0 aliphatic carbocycles. The van der Waals surface area contributed by atoms with E-state index in [1.807, 2.05) is 47.0 Å². The zero-order chi connectivity index (χ0) is 15.6. The Bertz CT molecular complexity index is 963. The van der Waals surface area contributed by atoms with Gasteiger partial charge in [-0.1, -0.05) is 30.3 Å². The van der Waals surface area contributed by atoms with Gasteiger partial charge in [0.15, 0.2) is 11.5 Å². The van der Waals surface area contributed by atoms with Crippen LogP contribution in [0.5, 0.6) is 0 Å². The van der Waals surface area contributed by atoms with E-state index in [0.717, 1.165) is 16.9 Å². The van der Waals surface area contributed by atoms with Crippen LogP contribution in [0, 0.1) is 5.82 Å². The molecule has 0 aliphatic rings. The smallest absolute Gasteiger partial charge is 0.180 e. The summed E-state index contributed by atoms with van der Waals surface area (Å²) in [6, 6.07) is 16.2. The van der Waals surface area contributed by atoms with E-state index in [0.29, 0.717) is 11.5 Å². The van der Waals surface area contributed by atoms with Gasteiger partial charge in [0.05, 0.1) is 11.9 Å². The number of hydrogen-bond donors (Lipinski definition) is 1. The van der Waals surface area contributed by atoms with Crippen LogP contribution in [0.3, 0.4) is 0 Å². The lowest BCUT2D eigenvalue weighted by molar-refractivity contribution is 0.628. The molecule has 0 atom stereocenters. The number of halogens is 1. The van der Waals surface area contributed by atoms with Crippen LogP contribution >= 0.6 is 0 Å². The van der Waals surface area contributed by atoms with Gasteiger partial charge in [-0.3, -0.25) is 4.40 Å². The largest absolute Gasteiger partial charge is 0.337 e. The third kappa shape index (κ3) is 2.53. The summed E-state index contributed by atoms with van der Waals surface area (Å²) in [6.45, 7) is 0. The molecule has 2 heterocycles. The summed E-state index contributed by atoms with van der Waals surface area (Å²) < 4.78 is 15.4. The van der Waals surface area contributed by atoms with Crippen LogP contribution in [-0.4, -0.2) is 14.4 Å². The van der Waals surface area contributed by atoms with E-state index < -0.39 is 0 Å². The van der Waals surface area contributed by atoms with Gasteiger partial charge in [0.2, 0.25) is 0 Å². The molecule has 0 fully saturated rings. The van der Waals surface area contributed by atoms with Gasteiger partial charge in [-0.25, -0.2) is 14.4 Å². The van der Waals surface area contributed by atoms with Crippen molar-refractivity contribution < 1.29 is 4.39 Å². The molecule has 0 spiro atoms. The molecule has 4 rings (SSSR count). The van der Waals surface area contributed by atoms with Crippen molar-refractivity contribution in [1.29, 1.82) is 0 Å². The van der Waals surface area contributed by atoms with Crippen molar-refractivity contribution in [2.45, 2.75) is 0 Å². The topological polar surface area (TPSA) is 42.2 Å². The maximum atomic E-state index is 13.5. The SMILES string of the molecule is Fc1cccc(-c2cnc3c(Nc4ccccc4)nccn23)c1. The number of para-hydroxylation sites is 1. The molecule has 2 aromatic carbocycles. The number of hydrogen-bond acceptors (Lipinski definition) is 3.